The Bertz CT molecular complexity index is 2070. The van der Waals surface area contributed by atoms with Crippen molar-refractivity contribution in [1.82, 2.24) is 24.8 Å². The summed E-state index contributed by atoms with van der Waals surface area (Å²) in [6.45, 7) is 8.81. The maximum Gasteiger partial charge on any atom is 0.408 e. The number of hydrogen-bond donors (Lipinski definition) is 3. The molecule has 1 unspecified atom stereocenters. The van der Waals surface area contributed by atoms with Gasteiger partial charge in [-0.15, -0.1) is 0 Å². The maximum atomic E-state index is 14.0. The van der Waals surface area contributed by atoms with Gasteiger partial charge in [-0.1, -0.05) is 68.4 Å². The van der Waals surface area contributed by atoms with Crippen molar-refractivity contribution in [3.05, 3.63) is 108 Å². The van der Waals surface area contributed by atoms with Gasteiger partial charge in [-0.3, -0.25) is 4.57 Å². The van der Waals surface area contributed by atoms with Gasteiger partial charge in [0.15, 0.2) is 23.8 Å². The van der Waals surface area contributed by atoms with Gasteiger partial charge in [0, 0.05) is 0 Å². The SMILES string of the molecule is COc1ccc(C(OC[C@@H]2O[C@H](n3cnc4c(N)ncnc43)[C@H](OC(=O)C(CC(C)C)NC(=O)OC(C)(C)C)[C@H]2O)(c2ccccc2)c2ccc(OC)cc2)cc1. The van der Waals surface area contributed by atoms with Crippen LogP contribution >= 0.6 is 0 Å². The molecule has 1 fully saturated rings. The molecule has 0 spiro atoms. The van der Waals surface area contributed by atoms with E-state index >= 15 is 0 Å². The summed E-state index contributed by atoms with van der Waals surface area (Å²) in [6, 6.07) is 23.7. The van der Waals surface area contributed by atoms with E-state index in [1.54, 1.807) is 35.0 Å². The molecule has 5 atom stereocenters. The van der Waals surface area contributed by atoms with E-state index in [9.17, 15) is 14.7 Å². The lowest BCUT2D eigenvalue weighted by atomic mass is 9.80. The van der Waals surface area contributed by atoms with Gasteiger partial charge >= 0.3 is 12.1 Å². The van der Waals surface area contributed by atoms with Crippen LogP contribution in [0.4, 0.5) is 10.6 Å². The average molecular weight is 783 g/mol. The molecule has 0 saturated carbocycles. The molecule has 5 aromatic rings. The van der Waals surface area contributed by atoms with Crippen molar-refractivity contribution in [2.75, 3.05) is 26.6 Å². The Labute approximate surface area is 331 Å². The van der Waals surface area contributed by atoms with Gasteiger partial charge in [0.1, 0.15) is 52.8 Å². The Hall–Kier alpha value is -5.77. The van der Waals surface area contributed by atoms with Crippen LogP contribution in [0.25, 0.3) is 11.2 Å². The number of carbonyl (C=O) groups is 2. The predicted molar refractivity (Wildman–Crippen MR) is 210 cm³/mol. The quantitative estimate of drug-likeness (QED) is 0.0941. The van der Waals surface area contributed by atoms with Gasteiger partial charge in [-0.25, -0.2) is 24.5 Å². The minimum absolute atomic E-state index is 0.0153. The summed E-state index contributed by atoms with van der Waals surface area (Å²) in [7, 11) is 3.20. The van der Waals surface area contributed by atoms with E-state index in [-0.39, 0.29) is 24.8 Å². The molecule has 0 radical (unpaired) electrons. The Morgan fingerprint density at radius 1 is 0.895 bits per heavy atom. The first-order valence-corrected chi connectivity index (χ1v) is 18.7. The number of aliphatic hydroxyl groups excluding tert-OH is 1. The van der Waals surface area contributed by atoms with Crippen molar-refractivity contribution < 1.29 is 43.1 Å². The van der Waals surface area contributed by atoms with Gasteiger partial charge in [-0.2, -0.15) is 0 Å². The number of methoxy groups -OCH3 is 2. The summed E-state index contributed by atoms with van der Waals surface area (Å²) < 4.78 is 37.7. The maximum absolute atomic E-state index is 14.0. The minimum Gasteiger partial charge on any atom is -0.497 e. The number of aliphatic hydroxyl groups is 1. The number of alkyl carbamates (subject to hydrolysis) is 1. The van der Waals surface area contributed by atoms with E-state index in [0.717, 1.165) is 16.7 Å². The van der Waals surface area contributed by atoms with Crippen LogP contribution in [0, 0.1) is 5.92 Å². The molecule has 302 valence electrons. The summed E-state index contributed by atoms with van der Waals surface area (Å²) >= 11 is 0. The zero-order valence-corrected chi connectivity index (χ0v) is 33.1. The second kappa shape index (κ2) is 17.2. The van der Waals surface area contributed by atoms with Gasteiger partial charge in [0.05, 0.1) is 27.2 Å². The lowest BCUT2D eigenvalue weighted by Crippen LogP contribution is -2.47. The lowest BCUT2D eigenvalue weighted by Gasteiger charge is -2.37. The van der Waals surface area contributed by atoms with Crippen LogP contribution in [0.2, 0.25) is 0 Å². The summed E-state index contributed by atoms with van der Waals surface area (Å²) in [4.78, 5) is 39.7. The van der Waals surface area contributed by atoms with Crippen molar-refractivity contribution in [2.24, 2.45) is 5.92 Å². The molecule has 15 heteroatoms. The number of ether oxygens (including phenoxy) is 6. The number of amides is 1. The van der Waals surface area contributed by atoms with Crippen LogP contribution in [0.3, 0.4) is 0 Å². The Balaban J connectivity index is 1.39. The van der Waals surface area contributed by atoms with Gasteiger partial charge in [0.2, 0.25) is 0 Å². The number of nitrogens with two attached hydrogens (primary N) is 1. The topological polar surface area (TPSA) is 191 Å². The van der Waals surface area contributed by atoms with Crippen molar-refractivity contribution in [3.63, 3.8) is 0 Å². The van der Waals surface area contributed by atoms with E-state index < -0.39 is 53.8 Å². The number of rotatable bonds is 14. The molecule has 1 amide bonds. The summed E-state index contributed by atoms with van der Waals surface area (Å²) in [5.74, 6) is 0.648. The number of imidazole rings is 1. The number of fused-ring (bicyclic) bond motifs is 1. The highest BCUT2D eigenvalue weighted by molar-refractivity contribution is 5.82. The van der Waals surface area contributed by atoms with Gasteiger partial charge in [-0.05, 0) is 74.1 Å². The molecule has 1 saturated heterocycles. The highest BCUT2D eigenvalue weighted by Gasteiger charge is 2.50. The number of carbonyl (C=O) groups excluding carboxylic acids is 2. The van der Waals surface area contributed by atoms with Crippen LogP contribution < -0.4 is 20.5 Å². The Morgan fingerprint density at radius 2 is 1.49 bits per heavy atom. The molecule has 1 aliphatic heterocycles. The first kappa shape index (κ1) is 40.9. The fraction of sp³-hybridized carbons (Fsp3) is 0.405. The number of nitrogens with zero attached hydrogens (tertiary/aromatic N) is 4. The third-order valence-electron chi connectivity index (χ3n) is 9.55. The van der Waals surface area contributed by atoms with E-state index in [4.69, 9.17) is 34.2 Å². The third-order valence-corrected chi connectivity index (χ3v) is 9.55. The van der Waals surface area contributed by atoms with Crippen LogP contribution in [0.5, 0.6) is 11.5 Å². The molecule has 0 bridgehead atoms. The smallest absolute Gasteiger partial charge is 0.408 e. The zero-order chi connectivity index (χ0) is 40.9. The molecule has 6 rings (SSSR count). The van der Waals surface area contributed by atoms with E-state index in [0.29, 0.717) is 22.7 Å². The van der Waals surface area contributed by atoms with Gasteiger partial charge in [0.25, 0.3) is 0 Å². The molecule has 2 aromatic heterocycles. The molecular weight excluding hydrogens is 732 g/mol. The predicted octanol–water partition coefficient (Wildman–Crippen LogP) is 5.54. The highest BCUT2D eigenvalue weighted by Crippen LogP contribution is 2.43. The lowest BCUT2D eigenvalue weighted by molar-refractivity contribution is -0.161. The molecule has 4 N–H and O–H groups in total. The molecule has 3 heterocycles. The number of nitrogen functional groups attached to an aromatic ring is 1. The number of benzene rings is 3. The normalized spacial score (nSPS) is 19.0. The van der Waals surface area contributed by atoms with Crippen molar-refractivity contribution >= 4 is 29.0 Å². The summed E-state index contributed by atoms with van der Waals surface area (Å²) in [5.41, 5.74) is 7.00. The summed E-state index contributed by atoms with van der Waals surface area (Å²) in [5, 5.41) is 14.8. The Morgan fingerprint density at radius 3 is 2.05 bits per heavy atom. The molecule has 57 heavy (non-hydrogen) atoms. The first-order valence-electron chi connectivity index (χ1n) is 18.7. The zero-order valence-electron chi connectivity index (χ0n) is 33.1. The molecular formula is C42H50N6O9. The van der Waals surface area contributed by atoms with Gasteiger partial charge < -0.3 is 44.6 Å². The van der Waals surface area contributed by atoms with Crippen LogP contribution in [-0.4, -0.2) is 87.5 Å². The Kier molecular flexibility index (Phi) is 12.3. The number of esters is 1. The molecule has 1 aliphatic rings. The number of nitrogens with one attached hydrogen (secondary N) is 1. The fourth-order valence-corrected chi connectivity index (χ4v) is 6.90. The van der Waals surface area contributed by atoms with E-state index in [2.05, 4.69) is 20.3 Å². The number of hydrogen-bond acceptors (Lipinski definition) is 13. The molecule has 0 aliphatic carbocycles. The first-order chi connectivity index (χ1) is 27.2. The molecule has 3 aromatic carbocycles. The van der Waals surface area contributed by atoms with Crippen molar-refractivity contribution in [1.29, 1.82) is 0 Å². The number of aromatic nitrogens is 4. The average Bonchev–Trinajstić information content (AvgIpc) is 3.75. The van der Waals surface area contributed by atoms with Crippen LogP contribution in [0.1, 0.15) is 64.0 Å². The highest BCUT2D eigenvalue weighted by atomic mass is 16.6. The second-order valence-corrected chi connectivity index (χ2v) is 15.2. The standard InChI is InChI=1S/C42H50N6O9/c1-25(2)21-31(47-40(51)57-41(3,4)5)39(50)56-35-34(49)32(55-38(35)48-24-46-33-36(43)44-23-45-37(33)48)22-54-42(26-11-9-8-10-12-26,27-13-17-29(52-6)18-14-27)28-15-19-30(53-7)20-16-28/h8-20,23-25,31-32,34-35,38,49H,21-22H2,1-7H3,(H,47,51)(H2,43,44,45)/t31?,32-,34-,35+,38-/m0/s1. The van der Waals surface area contributed by atoms with Crippen molar-refractivity contribution in [2.45, 2.75) is 82.8 Å². The second-order valence-electron chi connectivity index (χ2n) is 15.2. The molecule has 15 nitrogen and oxygen atoms in total. The third kappa shape index (κ3) is 8.95. The van der Waals surface area contributed by atoms with Crippen molar-refractivity contribution in [3.8, 4) is 11.5 Å². The minimum atomic E-state index is -1.43. The fourth-order valence-electron chi connectivity index (χ4n) is 6.90. The van der Waals surface area contributed by atoms with E-state index in [1.165, 1.54) is 17.2 Å². The summed E-state index contributed by atoms with van der Waals surface area (Å²) in [6.07, 6.45) is -2.79. The monoisotopic (exact) mass is 782 g/mol. The van der Waals surface area contributed by atoms with Crippen LogP contribution in [0.15, 0.2) is 91.5 Å². The largest absolute Gasteiger partial charge is 0.497 e. The van der Waals surface area contributed by atoms with E-state index in [1.807, 2.05) is 92.7 Å². The number of anilines is 1. The van der Waals surface area contributed by atoms with Crippen LogP contribution in [-0.2, 0) is 29.3 Å².